The molecule has 0 aromatic heterocycles. The predicted octanol–water partition coefficient (Wildman–Crippen LogP) is 4.63. The molecule has 27 heavy (non-hydrogen) atoms. The number of amides is 2. The summed E-state index contributed by atoms with van der Waals surface area (Å²) in [5, 5.41) is 5.49. The molecule has 0 radical (unpaired) electrons. The second-order valence-electron chi connectivity index (χ2n) is 6.56. The Labute approximate surface area is 154 Å². The number of hydrogen-bond acceptors (Lipinski definition) is 2. The largest absolute Gasteiger partial charge is 0.416 e. The lowest BCUT2D eigenvalue weighted by Gasteiger charge is -2.12. The number of anilines is 1. The van der Waals surface area contributed by atoms with Crippen molar-refractivity contribution in [3.05, 3.63) is 65.2 Å². The molecule has 0 atom stereocenters. The summed E-state index contributed by atoms with van der Waals surface area (Å²) in [7, 11) is 0. The highest BCUT2D eigenvalue weighted by Crippen LogP contribution is 2.29. The van der Waals surface area contributed by atoms with Gasteiger partial charge in [-0.2, -0.15) is 13.2 Å². The van der Waals surface area contributed by atoms with Gasteiger partial charge in [0.2, 0.25) is 0 Å². The number of carbonyl (C=O) groups excluding carboxylic acids is 2. The Morgan fingerprint density at radius 3 is 2.07 bits per heavy atom. The summed E-state index contributed by atoms with van der Waals surface area (Å²) in [6, 6.07) is 10.6. The van der Waals surface area contributed by atoms with Crippen molar-refractivity contribution < 1.29 is 22.8 Å². The smallest absolute Gasteiger partial charge is 0.349 e. The van der Waals surface area contributed by atoms with Gasteiger partial charge in [0.25, 0.3) is 11.8 Å². The van der Waals surface area contributed by atoms with Crippen molar-refractivity contribution in [3.63, 3.8) is 0 Å². The van der Waals surface area contributed by atoms with Gasteiger partial charge in [-0.05, 0) is 55.3 Å². The molecular formula is C20H19F3N2O2. The highest BCUT2D eigenvalue weighted by Gasteiger charge is 2.30. The standard InChI is InChI=1S/C20H19F3N2O2/c21-20(22,23)15-8-10-17(11-9-15)25-19(27)14-5-3-4-13(12-14)18(26)24-16-6-1-2-7-16/h3-5,8-12,16H,1-2,6-7H2,(H,24,26)(H,25,27). The number of hydrogen-bond donors (Lipinski definition) is 2. The van der Waals surface area contributed by atoms with Gasteiger partial charge in [0.1, 0.15) is 0 Å². The summed E-state index contributed by atoms with van der Waals surface area (Å²) in [6.45, 7) is 0. The van der Waals surface area contributed by atoms with Gasteiger partial charge in [0.05, 0.1) is 5.56 Å². The van der Waals surface area contributed by atoms with Crippen molar-refractivity contribution in [3.8, 4) is 0 Å². The lowest BCUT2D eigenvalue weighted by molar-refractivity contribution is -0.137. The van der Waals surface area contributed by atoms with Crippen LogP contribution in [0.15, 0.2) is 48.5 Å². The predicted molar refractivity (Wildman–Crippen MR) is 95.6 cm³/mol. The minimum atomic E-state index is -4.43. The molecule has 0 saturated heterocycles. The number of rotatable bonds is 4. The van der Waals surface area contributed by atoms with E-state index in [0.717, 1.165) is 37.8 Å². The maximum atomic E-state index is 12.6. The number of nitrogens with one attached hydrogen (secondary N) is 2. The lowest BCUT2D eigenvalue weighted by Crippen LogP contribution is -2.32. The molecule has 2 N–H and O–H groups in total. The molecule has 0 bridgehead atoms. The zero-order chi connectivity index (χ0) is 19.4. The normalized spacial score (nSPS) is 14.8. The van der Waals surface area contributed by atoms with Crippen molar-refractivity contribution in [2.75, 3.05) is 5.32 Å². The number of halogens is 3. The van der Waals surface area contributed by atoms with Crippen LogP contribution in [0.1, 0.15) is 52.0 Å². The zero-order valence-corrected chi connectivity index (χ0v) is 14.5. The first-order valence-electron chi connectivity index (χ1n) is 8.72. The average molecular weight is 376 g/mol. The molecule has 1 aliphatic rings. The fraction of sp³-hybridized carbons (Fsp3) is 0.300. The molecule has 0 unspecified atom stereocenters. The maximum absolute atomic E-state index is 12.6. The van der Waals surface area contributed by atoms with Gasteiger partial charge in [-0.25, -0.2) is 0 Å². The van der Waals surface area contributed by atoms with E-state index in [4.69, 9.17) is 0 Å². The summed E-state index contributed by atoms with van der Waals surface area (Å²) in [5.41, 5.74) is 0.0934. The van der Waals surface area contributed by atoms with Crippen LogP contribution in [0.25, 0.3) is 0 Å². The summed E-state index contributed by atoms with van der Waals surface area (Å²) < 4.78 is 37.8. The van der Waals surface area contributed by atoms with E-state index < -0.39 is 17.6 Å². The van der Waals surface area contributed by atoms with E-state index in [9.17, 15) is 22.8 Å². The van der Waals surface area contributed by atoms with Crippen molar-refractivity contribution in [1.29, 1.82) is 0 Å². The van der Waals surface area contributed by atoms with Crippen LogP contribution >= 0.6 is 0 Å². The molecule has 3 rings (SSSR count). The molecule has 1 fully saturated rings. The van der Waals surface area contributed by atoms with Crippen molar-refractivity contribution >= 4 is 17.5 Å². The van der Waals surface area contributed by atoms with Gasteiger partial charge in [0.15, 0.2) is 0 Å². The SMILES string of the molecule is O=C(Nc1ccc(C(F)(F)F)cc1)c1cccc(C(=O)NC2CCCC2)c1. The zero-order valence-electron chi connectivity index (χ0n) is 14.5. The van der Waals surface area contributed by atoms with Gasteiger partial charge in [-0.15, -0.1) is 0 Å². The van der Waals surface area contributed by atoms with E-state index in [1.54, 1.807) is 18.2 Å². The van der Waals surface area contributed by atoms with E-state index in [1.165, 1.54) is 18.2 Å². The Morgan fingerprint density at radius 1 is 0.889 bits per heavy atom. The van der Waals surface area contributed by atoms with Crippen LogP contribution in [0.2, 0.25) is 0 Å². The maximum Gasteiger partial charge on any atom is 0.416 e. The van der Waals surface area contributed by atoms with Crippen molar-refractivity contribution in [1.82, 2.24) is 5.32 Å². The number of benzene rings is 2. The highest BCUT2D eigenvalue weighted by atomic mass is 19.4. The van der Waals surface area contributed by atoms with Gasteiger partial charge in [0, 0.05) is 22.9 Å². The minimum Gasteiger partial charge on any atom is -0.349 e. The first kappa shape index (κ1) is 18.9. The van der Waals surface area contributed by atoms with E-state index in [2.05, 4.69) is 10.6 Å². The van der Waals surface area contributed by atoms with Crippen LogP contribution in [0, 0.1) is 0 Å². The van der Waals surface area contributed by atoms with Gasteiger partial charge in [-0.3, -0.25) is 9.59 Å². The van der Waals surface area contributed by atoms with E-state index in [-0.39, 0.29) is 23.2 Å². The molecule has 2 aromatic rings. The molecule has 142 valence electrons. The molecule has 2 amide bonds. The van der Waals surface area contributed by atoms with Crippen LogP contribution in [0.3, 0.4) is 0 Å². The average Bonchev–Trinajstić information content (AvgIpc) is 3.14. The molecular weight excluding hydrogens is 357 g/mol. The summed E-state index contributed by atoms with van der Waals surface area (Å²) >= 11 is 0. The second kappa shape index (κ2) is 7.82. The third-order valence-electron chi connectivity index (χ3n) is 4.55. The third kappa shape index (κ3) is 4.87. The van der Waals surface area contributed by atoms with E-state index >= 15 is 0 Å². The Kier molecular flexibility index (Phi) is 5.48. The van der Waals surface area contributed by atoms with Gasteiger partial charge in [-0.1, -0.05) is 18.9 Å². The Hall–Kier alpha value is -2.83. The van der Waals surface area contributed by atoms with Crippen molar-refractivity contribution in [2.24, 2.45) is 0 Å². The summed E-state index contributed by atoms with van der Waals surface area (Å²) in [6.07, 6.45) is -0.315. The van der Waals surface area contributed by atoms with E-state index in [1.807, 2.05) is 0 Å². The Bertz CT molecular complexity index is 826. The second-order valence-corrected chi connectivity index (χ2v) is 6.56. The van der Waals surface area contributed by atoms with Gasteiger partial charge >= 0.3 is 6.18 Å². The van der Waals surface area contributed by atoms with Crippen LogP contribution in [-0.2, 0) is 6.18 Å². The monoisotopic (exact) mass is 376 g/mol. The van der Waals surface area contributed by atoms with Gasteiger partial charge < -0.3 is 10.6 Å². The molecule has 7 heteroatoms. The minimum absolute atomic E-state index is 0.169. The van der Waals surface area contributed by atoms with Crippen LogP contribution in [-0.4, -0.2) is 17.9 Å². The molecule has 0 aliphatic heterocycles. The van der Waals surface area contributed by atoms with Crippen molar-refractivity contribution in [2.45, 2.75) is 37.9 Å². The number of alkyl halides is 3. The summed E-state index contributed by atoms with van der Waals surface area (Å²) in [4.78, 5) is 24.7. The quantitative estimate of drug-likeness (QED) is 0.817. The first-order chi connectivity index (χ1) is 12.8. The third-order valence-corrected chi connectivity index (χ3v) is 4.55. The molecule has 1 saturated carbocycles. The van der Waals surface area contributed by atoms with Crippen LogP contribution in [0.4, 0.5) is 18.9 Å². The number of carbonyl (C=O) groups is 2. The molecule has 4 nitrogen and oxygen atoms in total. The topological polar surface area (TPSA) is 58.2 Å². The van der Waals surface area contributed by atoms with E-state index in [0.29, 0.717) is 5.56 Å². The fourth-order valence-corrected chi connectivity index (χ4v) is 3.09. The van der Waals surface area contributed by atoms with Crippen LogP contribution in [0.5, 0.6) is 0 Å². The molecule has 0 spiro atoms. The highest BCUT2D eigenvalue weighted by molar-refractivity contribution is 6.06. The Morgan fingerprint density at radius 2 is 1.48 bits per heavy atom. The van der Waals surface area contributed by atoms with Crippen LogP contribution < -0.4 is 10.6 Å². The Balaban J connectivity index is 1.67. The first-order valence-corrected chi connectivity index (χ1v) is 8.72. The fourth-order valence-electron chi connectivity index (χ4n) is 3.09. The molecule has 0 heterocycles. The molecule has 1 aliphatic carbocycles. The summed E-state index contributed by atoms with van der Waals surface area (Å²) in [5.74, 6) is -0.726. The lowest BCUT2D eigenvalue weighted by atomic mass is 10.1. The molecule has 2 aromatic carbocycles.